The van der Waals surface area contributed by atoms with E-state index < -0.39 is 0 Å². The van der Waals surface area contributed by atoms with Crippen LogP contribution in [0.1, 0.15) is 26.7 Å². The van der Waals surface area contributed by atoms with Gasteiger partial charge in [0.1, 0.15) is 19.3 Å². The van der Waals surface area contributed by atoms with Gasteiger partial charge < -0.3 is 5.11 Å². The Labute approximate surface area is 68.6 Å². The Morgan fingerprint density at radius 1 is 1.45 bits per heavy atom. The van der Waals surface area contributed by atoms with Crippen LogP contribution in [0.15, 0.2) is 0 Å². The molecule has 0 saturated heterocycles. The lowest BCUT2D eigenvalue weighted by molar-refractivity contribution is -0.527. The van der Waals surface area contributed by atoms with Gasteiger partial charge in [-0.3, -0.25) is 0 Å². The highest BCUT2D eigenvalue weighted by molar-refractivity contribution is 5.56. The fourth-order valence-electron chi connectivity index (χ4n) is 1.26. The molecule has 0 spiro atoms. The van der Waals surface area contributed by atoms with E-state index in [-0.39, 0.29) is 6.10 Å². The molecule has 1 rings (SSSR count). The third kappa shape index (κ3) is 2.29. The van der Waals surface area contributed by atoms with Crippen LogP contribution < -0.4 is 0 Å². The zero-order chi connectivity index (χ0) is 8.43. The van der Waals surface area contributed by atoms with Crippen molar-refractivity contribution in [2.75, 3.05) is 7.05 Å². The third-order valence-electron chi connectivity index (χ3n) is 2.41. The lowest BCUT2D eigenvalue weighted by Crippen LogP contribution is -2.33. The third-order valence-corrected chi connectivity index (χ3v) is 2.41. The molecular weight excluding hydrogens is 138 g/mol. The predicted octanol–water partition coefficient (Wildman–Crippen LogP) is 0.879. The molecule has 1 saturated carbocycles. The van der Waals surface area contributed by atoms with Gasteiger partial charge >= 0.3 is 0 Å². The Kier molecular flexibility index (Phi) is 2.66. The lowest BCUT2D eigenvalue weighted by atomic mass is 9.83. The van der Waals surface area contributed by atoms with E-state index in [1.807, 2.05) is 0 Å². The Morgan fingerprint density at radius 3 is 2.36 bits per heavy atom. The summed E-state index contributed by atoms with van der Waals surface area (Å²) in [6.07, 6.45) is 4.11. The number of rotatable bonds is 2. The Hall–Kier alpha value is -0.370. The first-order valence-corrected chi connectivity index (χ1v) is 4.34. The molecule has 64 valence electrons. The van der Waals surface area contributed by atoms with Crippen LogP contribution in [0.25, 0.3) is 0 Å². The summed E-state index contributed by atoms with van der Waals surface area (Å²) in [6, 6.07) is 0.577. The second kappa shape index (κ2) is 3.35. The highest BCUT2D eigenvalue weighted by atomic mass is 16.3. The van der Waals surface area contributed by atoms with Gasteiger partial charge in [-0.15, -0.1) is 0 Å². The van der Waals surface area contributed by atoms with Crippen LogP contribution in [0.5, 0.6) is 0 Å². The van der Waals surface area contributed by atoms with Gasteiger partial charge in [0.15, 0.2) is 0 Å². The van der Waals surface area contributed by atoms with E-state index in [1.165, 1.54) is 0 Å². The van der Waals surface area contributed by atoms with Crippen molar-refractivity contribution in [3.63, 3.8) is 0 Å². The summed E-state index contributed by atoms with van der Waals surface area (Å²) in [5.41, 5.74) is 0. The zero-order valence-electron chi connectivity index (χ0n) is 7.62. The molecule has 1 fully saturated rings. The van der Waals surface area contributed by atoms with Crippen molar-refractivity contribution >= 4 is 6.21 Å². The number of hydrogen-bond donors (Lipinski definition) is 1. The maximum Gasteiger partial charge on any atom is 0.146 e. The molecule has 0 aromatic heterocycles. The van der Waals surface area contributed by atoms with Crippen molar-refractivity contribution < 1.29 is 9.68 Å². The highest BCUT2D eigenvalue weighted by Crippen LogP contribution is 2.24. The smallest absolute Gasteiger partial charge is 0.146 e. The van der Waals surface area contributed by atoms with E-state index in [4.69, 9.17) is 5.11 Å². The van der Waals surface area contributed by atoms with Crippen LogP contribution in [0.3, 0.4) is 0 Å². The van der Waals surface area contributed by atoms with Gasteiger partial charge in [0.05, 0.1) is 6.10 Å². The summed E-state index contributed by atoms with van der Waals surface area (Å²) < 4.78 is 2.22. The normalized spacial score (nSPS) is 32.3. The molecule has 0 aromatic carbocycles. The summed E-state index contributed by atoms with van der Waals surface area (Å²) in [5, 5.41) is 9.03. The van der Waals surface area contributed by atoms with Gasteiger partial charge in [0.2, 0.25) is 0 Å². The summed E-state index contributed by atoms with van der Waals surface area (Å²) in [6.45, 7) is 4.34. The molecule has 0 bridgehead atoms. The molecule has 0 atom stereocenters. The molecule has 0 radical (unpaired) electrons. The van der Waals surface area contributed by atoms with Gasteiger partial charge in [0.25, 0.3) is 0 Å². The monoisotopic (exact) mass is 156 g/mol. The molecule has 2 nitrogen and oxygen atoms in total. The van der Waals surface area contributed by atoms with Gasteiger partial charge in [-0.25, -0.2) is 4.58 Å². The van der Waals surface area contributed by atoms with Crippen molar-refractivity contribution in [2.45, 2.75) is 38.8 Å². The van der Waals surface area contributed by atoms with Crippen molar-refractivity contribution in [3.8, 4) is 0 Å². The van der Waals surface area contributed by atoms with Gasteiger partial charge in [-0.05, 0) is 26.7 Å². The van der Waals surface area contributed by atoms with Gasteiger partial charge in [-0.2, -0.15) is 0 Å². The quantitative estimate of drug-likeness (QED) is 0.465. The molecule has 1 aliphatic carbocycles. The molecule has 0 heterocycles. The minimum atomic E-state index is -0.0307. The molecule has 0 aliphatic heterocycles. The van der Waals surface area contributed by atoms with Gasteiger partial charge in [0, 0.05) is 5.92 Å². The van der Waals surface area contributed by atoms with Crippen LogP contribution in [0.4, 0.5) is 0 Å². The summed E-state index contributed by atoms with van der Waals surface area (Å²) in [7, 11) is 2.09. The van der Waals surface area contributed by atoms with Crippen molar-refractivity contribution in [1.29, 1.82) is 0 Å². The lowest BCUT2D eigenvalue weighted by Gasteiger charge is -2.26. The van der Waals surface area contributed by atoms with Crippen LogP contribution in [0.2, 0.25) is 0 Å². The molecular formula is C9H18NO+. The SMILES string of the molecule is CC(C)/[N+](C)=C\C1CC(O)C1. The maximum atomic E-state index is 9.03. The Morgan fingerprint density at radius 2 is 2.00 bits per heavy atom. The van der Waals surface area contributed by atoms with Gasteiger partial charge in [-0.1, -0.05) is 0 Å². The van der Waals surface area contributed by atoms with Crippen molar-refractivity contribution in [2.24, 2.45) is 5.92 Å². The minimum Gasteiger partial charge on any atom is -0.393 e. The zero-order valence-corrected chi connectivity index (χ0v) is 7.62. The number of nitrogens with zero attached hydrogens (tertiary/aromatic N) is 1. The molecule has 1 N–H and O–H groups in total. The Balaban J connectivity index is 2.34. The summed E-state index contributed by atoms with van der Waals surface area (Å²) in [5.74, 6) is 0.623. The second-order valence-electron chi connectivity index (χ2n) is 3.79. The molecule has 2 heteroatoms. The molecule has 11 heavy (non-hydrogen) atoms. The minimum absolute atomic E-state index is 0.0307. The van der Waals surface area contributed by atoms with Crippen LogP contribution in [-0.4, -0.2) is 35.1 Å². The average Bonchev–Trinajstić information content (AvgIpc) is 1.84. The first-order chi connectivity index (χ1) is 5.09. The molecule has 0 unspecified atom stereocenters. The van der Waals surface area contributed by atoms with Crippen molar-refractivity contribution in [3.05, 3.63) is 0 Å². The maximum absolute atomic E-state index is 9.03. The van der Waals surface area contributed by atoms with Crippen molar-refractivity contribution in [1.82, 2.24) is 0 Å². The molecule has 0 amide bonds. The van der Waals surface area contributed by atoms with Crippen LogP contribution in [0, 0.1) is 5.92 Å². The first-order valence-electron chi connectivity index (χ1n) is 4.34. The average molecular weight is 156 g/mol. The van der Waals surface area contributed by atoms with E-state index in [0.29, 0.717) is 12.0 Å². The Bertz CT molecular complexity index is 157. The fraction of sp³-hybridized carbons (Fsp3) is 0.889. The number of hydrogen-bond acceptors (Lipinski definition) is 1. The van der Waals surface area contributed by atoms with E-state index in [2.05, 4.69) is 31.7 Å². The summed E-state index contributed by atoms with van der Waals surface area (Å²) >= 11 is 0. The number of aliphatic hydroxyl groups is 1. The standard InChI is InChI=1S/C9H18NO/c1-7(2)10(3)6-8-4-9(11)5-8/h6-9,11H,4-5H2,1-3H3/q+1/b10-6-. The van der Waals surface area contributed by atoms with E-state index in [1.54, 1.807) is 0 Å². The van der Waals surface area contributed by atoms with E-state index >= 15 is 0 Å². The van der Waals surface area contributed by atoms with E-state index in [0.717, 1.165) is 12.8 Å². The number of aliphatic hydroxyl groups excluding tert-OH is 1. The fourth-order valence-corrected chi connectivity index (χ4v) is 1.26. The predicted molar refractivity (Wildman–Crippen MR) is 46.1 cm³/mol. The van der Waals surface area contributed by atoms with Crippen LogP contribution >= 0.6 is 0 Å². The largest absolute Gasteiger partial charge is 0.393 e. The molecule has 1 aliphatic rings. The second-order valence-corrected chi connectivity index (χ2v) is 3.79. The van der Waals surface area contributed by atoms with E-state index in [9.17, 15) is 0 Å². The highest BCUT2D eigenvalue weighted by Gasteiger charge is 2.28. The topological polar surface area (TPSA) is 23.2 Å². The first kappa shape index (κ1) is 8.72. The summed E-state index contributed by atoms with van der Waals surface area (Å²) in [4.78, 5) is 0. The molecule has 0 aromatic rings. The van der Waals surface area contributed by atoms with Crippen LogP contribution in [-0.2, 0) is 0 Å².